The summed E-state index contributed by atoms with van der Waals surface area (Å²) in [6, 6.07) is 0. The zero-order chi connectivity index (χ0) is 7.86. The first-order valence-electron chi connectivity index (χ1n) is 2.02. The molecule has 0 aromatic carbocycles. The number of hydrogen-bond donors (Lipinski definition) is 2. The summed E-state index contributed by atoms with van der Waals surface area (Å²) in [7, 11) is 0. The normalized spacial score (nSPS) is 9.40. The summed E-state index contributed by atoms with van der Waals surface area (Å²) in [5.41, 5.74) is 0. The maximum atomic E-state index is 9.45. The summed E-state index contributed by atoms with van der Waals surface area (Å²) >= 11 is 0. The van der Waals surface area contributed by atoms with Crippen molar-refractivity contribution in [2.75, 3.05) is 0 Å². The van der Waals surface area contributed by atoms with Gasteiger partial charge >= 0.3 is 57.4 Å². The molecular weight excluding hydrogens is 167 g/mol. The van der Waals surface area contributed by atoms with E-state index in [-0.39, 0.29) is 51.4 Å². The van der Waals surface area contributed by atoms with Crippen LogP contribution in [0.5, 0.6) is 0 Å². The first-order chi connectivity index (χ1) is 4.06. The molecule has 0 fully saturated rings. The molecule has 0 bridgehead atoms. The van der Waals surface area contributed by atoms with Crippen molar-refractivity contribution in [2.45, 2.75) is 13.0 Å². The largest absolute Gasteiger partial charge is 1.00 e. The maximum absolute atomic E-state index is 9.45. The topological polar surface area (TPSA) is 97.7 Å². The summed E-state index contributed by atoms with van der Waals surface area (Å²) in [5.74, 6) is -1.19. The molecule has 0 heterocycles. The summed E-state index contributed by atoms with van der Waals surface area (Å²) < 4.78 is 0. The van der Waals surface area contributed by atoms with Crippen LogP contribution < -0.4 is 56.5 Å². The van der Waals surface area contributed by atoms with Gasteiger partial charge in [-0.1, -0.05) is 0 Å². The van der Waals surface area contributed by atoms with E-state index in [1.807, 2.05) is 0 Å². The zero-order valence-electron chi connectivity index (χ0n) is 5.77. The van der Waals surface area contributed by atoms with Crippen LogP contribution in [0.15, 0.2) is 0 Å². The van der Waals surface area contributed by atoms with E-state index in [2.05, 4.69) is 0 Å². The van der Waals surface area contributed by atoms with E-state index in [1.54, 1.807) is 0 Å². The standard InChI is InChI=1S/C3H6O3.CH2O2.K/c1-2(4)3(5)6;2-1-3;/h2,4H,1H3,(H,5,6);1H,(H,2,3);/q;;+1/p-1. The summed E-state index contributed by atoms with van der Waals surface area (Å²) in [6.07, 6.45) is -1.23. The van der Waals surface area contributed by atoms with E-state index < -0.39 is 18.5 Å². The smallest absolute Gasteiger partial charge is 0.554 e. The Hall–Kier alpha value is 0.536. The Kier molecular flexibility index (Phi) is 20.6. The van der Waals surface area contributed by atoms with Crippen LogP contribution in [0.25, 0.3) is 0 Å². The SMILES string of the molecule is CC(O)C(=O)O.O=C[O-].[K+]. The fraction of sp³-hybridized carbons (Fsp3) is 0.500. The molecule has 0 aliphatic heterocycles. The number of aliphatic hydroxyl groups excluding tert-OH is 1. The molecule has 6 heteroatoms. The van der Waals surface area contributed by atoms with Crippen molar-refractivity contribution < 1.29 is 76.3 Å². The minimum atomic E-state index is -1.23. The van der Waals surface area contributed by atoms with Gasteiger partial charge in [0.05, 0.1) is 0 Å². The monoisotopic (exact) mass is 174 g/mol. The fourth-order valence-corrected chi connectivity index (χ4v) is 0. The second-order valence-electron chi connectivity index (χ2n) is 1.11. The Labute approximate surface area is 100 Å². The predicted octanol–water partition coefficient (Wildman–Crippen LogP) is -5.18. The number of carboxylic acid groups (broad SMARTS) is 2. The average Bonchev–Trinajstić information content (AvgIpc) is 1.68. The van der Waals surface area contributed by atoms with Gasteiger partial charge in [0.1, 0.15) is 6.10 Å². The molecule has 1 atom stereocenters. The molecule has 1 unspecified atom stereocenters. The van der Waals surface area contributed by atoms with Gasteiger partial charge in [-0.25, -0.2) is 4.79 Å². The van der Waals surface area contributed by atoms with Crippen LogP contribution in [0.4, 0.5) is 0 Å². The quantitative estimate of drug-likeness (QED) is 0.306. The van der Waals surface area contributed by atoms with Crippen molar-refractivity contribution in [2.24, 2.45) is 0 Å². The third-order valence-electron chi connectivity index (χ3n) is 0.357. The van der Waals surface area contributed by atoms with E-state index in [4.69, 9.17) is 20.1 Å². The number of rotatable bonds is 1. The fourth-order valence-electron chi connectivity index (χ4n) is 0. The first-order valence-corrected chi connectivity index (χ1v) is 2.02. The third-order valence-corrected chi connectivity index (χ3v) is 0.357. The van der Waals surface area contributed by atoms with Gasteiger partial charge < -0.3 is 20.1 Å². The molecule has 0 saturated carbocycles. The van der Waals surface area contributed by atoms with Crippen LogP contribution in [0.3, 0.4) is 0 Å². The number of carbonyl (C=O) groups excluding carboxylic acids is 1. The van der Waals surface area contributed by atoms with Gasteiger partial charge in [-0.3, -0.25) is 0 Å². The van der Waals surface area contributed by atoms with Gasteiger partial charge in [-0.05, 0) is 6.92 Å². The number of carboxylic acids is 1. The molecule has 0 amide bonds. The van der Waals surface area contributed by atoms with E-state index in [0.29, 0.717) is 0 Å². The van der Waals surface area contributed by atoms with Gasteiger partial charge in [0, 0.05) is 6.47 Å². The minimum Gasteiger partial charge on any atom is -0.554 e. The second-order valence-corrected chi connectivity index (χ2v) is 1.11. The number of aliphatic carboxylic acids is 1. The van der Waals surface area contributed by atoms with Crippen molar-refractivity contribution >= 4 is 12.4 Å². The van der Waals surface area contributed by atoms with Crippen LogP contribution >= 0.6 is 0 Å². The Balaban J connectivity index is -0.000000107. The summed E-state index contributed by atoms with van der Waals surface area (Å²) in [4.78, 5) is 17.7. The van der Waals surface area contributed by atoms with Crippen molar-refractivity contribution in [3.63, 3.8) is 0 Å². The third kappa shape index (κ3) is 23.6. The van der Waals surface area contributed by atoms with Crippen LogP contribution in [0, 0.1) is 0 Å². The van der Waals surface area contributed by atoms with Crippen LogP contribution in [-0.2, 0) is 9.59 Å². The molecule has 5 nitrogen and oxygen atoms in total. The second kappa shape index (κ2) is 12.2. The molecule has 0 aromatic rings. The number of carbonyl (C=O) groups is 2. The molecular formula is C4H7KO5. The molecule has 0 aromatic heterocycles. The maximum Gasteiger partial charge on any atom is 1.00 e. The number of hydrogen-bond acceptors (Lipinski definition) is 4. The molecule has 2 N–H and O–H groups in total. The first kappa shape index (κ1) is 16.9. The molecule has 0 radical (unpaired) electrons. The van der Waals surface area contributed by atoms with Gasteiger partial charge in [0.25, 0.3) is 0 Å². The van der Waals surface area contributed by atoms with Crippen LogP contribution in [0.1, 0.15) is 6.92 Å². The van der Waals surface area contributed by atoms with Crippen LogP contribution in [-0.4, -0.2) is 28.8 Å². The van der Waals surface area contributed by atoms with Gasteiger partial charge in [-0.15, -0.1) is 0 Å². The Morgan fingerprint density at radius 3 is 1.80 bits per heavy atom. The van der Waals surface area contributed by atoms with Gasteiger partial charge in [0.2, 0.25) is 0 Å². The molecule has 10 heavy (non-hydrogen) atoms. The zero-order valence-corrected chi connectivity index (χ0v) is 8.90. The molecule has 54 valence electrons. The molecule has 0 aliphatic rings. The van der Waals surface area contributed by atoms with Crippen molar-refractivity contribution in [3.8, 4) is 0 Å². The van der Waals surface area contributed by atoms with Gasteiger partial charge in [-0.2, -0.15) is 0 Å². The van der Waals surface area contributed by atoms with Gasteiger partial charge in [0.15, 0.2) is 0 Å². The Morgan fingerprint density at radius 1 is 1.70 bits per heavy atom. The van der Waals surface area contributed by atoms with E-state index in [1.165, 1.54) is 6.92 Å². The Morgan fingerprint density at radius 2 is 1.80 bits per heavy atom. The molecule has 0 aliphatic carbocycles. The van der Waals surface area contributed by atoms with E-state index >= 15 is 0 Å². The predicted molar refractivity (Wildman–Crippen MR) is 25.4 cm³/mol. The average molecular weight is 174 g/mol. The molecule has 0 spiro atoms. The van der Waals surface area contributed by atoms with Crippen LogP contribution in [0.2, 0.25) is 0 Å². The van der Waals surface area contributed by atoms with E-state index in [9.17, 15) is 4.79 Å². The minimum absolute atomic E-state index is 0. The van der Waals surface area contributed by atoms with Crippen molar-refractivity contribution in [1.82, 2.24) is 0 Å². The van der Waals surface area contributed by atoms with Crippen molar-refractivity contribution in [3.05, 3.63) is 0 Å². The molecule has 0 rings (SSSR count). The molecule has 0 saturated heterocycles. The Bertz CT molecular complexity index is 91.6. The van der Waals surface area contributed by atoms with E-state index in [0.717, 1.165) is 0 Å². The van der Waals surface area contributed by atoms with Crippen molar-refractivity contribution in [1.29, 1.82) is 0 Å². The summed E-state index contributed by atoms with van der Waals surface area (Å²) in [6.45, 7) is 0.697. The summed E-state index contributed by atoms with van der Waals surface area (Å²) in [5, 5.41) is 24.0. The number of aliphatic hydroxyl groups is 1.